The topological polar surface area (TPSA) is 42.7 Å². The van der Waals surface area contributed by atoms with E-state index in [2.05, 4.69) is 49.2 Å². The predicted molar refractivity (Wildman–Crippen MR) is 96.5 cm³/mol. The van der Waals surface area contributed by atoms with E-state index in [0.717, 1.165) is 33.3 Å². The average Bonchev–Trinajstić information content (AvgIpc) is 3.25. The van der Waals surface area contributed by atoms with Gasteiger partial charge in [0.1, 0.15) is 0 Å². The number of anilines is 1. The Kier molecular flexibility index (Phi) is 4.04. The number of rotatable bonds is 4. The molecular formula is C18H19BrN4. The van der Waals surface area contributed by atoms with Gasteiger partial charge in [-0.1, -0.05) is 25.0 Å². The van der Waals surface area contributed by atoms with Gasteiger partial charge in [0, 0.05) is 27.9 Å². The zero-order valence-corrected chi connectivity index (χ0v) is 14.5. The van der Waals surface area contributed by atoms with Gasteiger partial charge in [0.25, 0.3) is 0 Å². The third-order valence-electron chi connectivity index (χ3n) is 4.54. The van der Waals surface area contributed by atoms with Crippen molar-refractivity contribution in [1.29, 1.82) is 0 Å². The minimum Gasteiger partial charge on any atom is -0.379 e. The Morgan fingerprint density at radius 2 is 2.04 bits per heavy atom. The van der Waals surface area contributed by atoms with Crippen LogP contribution in [0.5, 0.6) is 0 Å². The molecule has 4 nitrogen and oxygen atoms in total. The monoisotopic (exact) mass is 370 g/mol. The van der Waals surface area contributed by atoms with Gasteiger partial charge in [0.2, 0.25) is 0 Å². The molecule has 0 bridgehead atoms. The van der Waals surface area contributed by atoms with Crippen LogP contribution in [0.1, 0.15) is 37.4 Å². The Morgan fingerprint density at radius 3 is 2.91 bits per heavy atom. The fourth-order valence-corrected chi connectivity index (χ4v) is 3.79. The second kappa shape index (κ2) is 6.32. The standard InChI is InChI=1S/C18H19BrN4/c19-16-7-3-6-15-17(8-10-20-18(15)16)21-12-13-9-11-23(22-13)14-4-1-2-5-14/h3,6-11,14H,1-2,4-5,12H2,(H,20,21). The van der Waals surface area contributed by atoms with E-state index in [0.29, 0.717) is 6.04 Å². The Bertz CT molecular complexity index is 821. The highest BCUT2D eigenvalue weighted by molar-refractivity contribution is 9.10. The summed E-state index contributed by atoms with van der Waals surface area (Å²) in [4.78, 5) is 4.45. The van der Waals surface area contributed by atoms with Crippen molar-refractivity contribution < 1.29 is 0 Å². The van der Waals surface area contributed by atoms with Crippen molar-refractivity contribution in [3.05, 3.63) is 52.9 Å². The first-order chi connectivity index (χ1) is 11.3. The number of hydrogen-bond donors (Lipinski definition) is 1. The van der Waals surface area contributed by atoms with E-state index in [1.165, 1.54) is 25.7 Å². The smallest absolute Gasteiger partial charge is 0.0864 e. The average molecular weight is 371 g/mol. The summed E-state index contributed by atoms with van der Waals surface area (Å²) in [7, 11) is 0. The van der Waals surface area contributed by atoms with Crippen molar-refractivity contribution >= 4 is 32.5 Å². The van der Waals surface area contributed by atoms with Crippen LogP contribution in [0.2, 0.25) is 0 Å². The normalized spacial score (nSPS) is 15.3. The third-order valence-corrected chi connectivity index (χ3v) is 5.18. The van der Waals surface area contributed by atoms with Crippen molar-refractivity contribution in [3.63, 3.8) is 0 Å². The fraction of sp³-hybridized carbons (Fsp3) is 0.333. The number of aromatic nitrogens is 3. The number of nitrogens with one attached hydrogen (secondary N) is 1. The summed E-state index contributed by atoms with van der Waals surface area (Å²) in [6.07, 6.45) is 9.14. The number of nitrogens with zero attached hydrogens (tertiary/aromatic N) is 3. The van der Waals surface area contributed by atoms with Crippen molar-refractivity contribution in [1.82, 2.24) is 14.8 Å². The summed E-state index contributed by atoms with van der Waals surface area (Å²) in [5.41, 5.74) is 3.15. The van der Waals surface area contributed by atoms with Gasteiger partial charge in [-0.05, 0) is 47.0 Å². The number of pyridine rings is 1. The highest BCUT2D eigenvalue weighted by Gasteiger charge is 2.17. The van der Waals surface area contributed by atoms with Crippen molar-refractivity contribution in [2.45, 2.75) is 38.3 Å². The lowest BCUT2D eigenvalue weighted by Gasteiger charge is -2.10. The molecule has 0 spiro atoms. The molecule has 1 N–H and O–H groups in total. The maximum atomic E-state index is 4.73. The molecule has 1 saturated carbocycles. The molecule has 0 saturated heterocycles. The minimum atomic E-state index is 0.599. The van der Waals surface area contributed by atoms with E-state index in [1.54, 1.807) is 0 Å². The molecule has 0 atom stereocenters. The van der Waals surface area contributed by atoms with Crippen LogP contribution in [0.3, 0.4) is 0 Å². The van der Waals surface area contributed by atoms with E-state index in [4.69, 9.17) is 5.10 Å². The van der Waals surface area contributed by atoms with Gasteiger partial charge in [-0.25, -0.2) is 0 Å². The van der Waals surface area contributed by atoms with Crippen molar-refractivity contribution in [3.8, 4) is 0 Å². The van der Waals surface area contributed by atoms with Gasteiger partial charge in [0.15, 0.2) is 0 Å². The first-order valence-electron chi connectivity index (χ1n) is 8.12. The van der Waals surface area contributed by atoms with Crippen LogP contribution in [-0.4, -0.2) is 14.8 Å². The third kappa shape index (κ3) is 2.98. The summed E-state index contributed by atoms with van der Waals surface area (Å²) in [6.45, 7) is 0.728. The quantitative estimate of drug-likeness (QED) is 0.708. The van der Waals surface area contributed by atoms with Gasteiger partial charge in [-0.15, -0.1) is 0 Å². The highest BCUT2D eigenvalue weighted by atomic mass is 79.9. The van der Waals surface area contributed by atoms with Crippen LogP contribution >= 0.6 is 15.9 Å². The summed E-state index contributed by atoms with van der Waals surface area (Å²) >= 11 is 3.56. The molecule has 118 valence electrons. The molecule has 4 rings (SSSR count). The molecule has 2 aromatic heterocycles. The molecule has 0 unspecified atom stereocenters. The molecule has 3 aromatic rings. The molecule has 1 fully saturated rings. The molecule has 1 aliphatic rings. The number of para-hydroxylation sites is 1. The van der Waals surface area contributed by atoms with Crippen molar-refractivity contribution in [2.24, 2.45) is 0 Å². The summed E-state index contributed by atoms with van der Waals surface area (Å²) in [5.74, 6) is 0. The Hall–Kier alpha value is -1.88. The summed E-state index contributed by atoms with van der Waals surface area (Å²) < 4.78 is 3.16. The van der Waals surface area contributed by atoms with E-state index in [9.17, 15) is 0 Å². The van der Waals surface area contributed by atoms with Crippen LogP contribution in [0.4, 0.5) is 5.69 Å². The van der Waals surface area contributed by atoms with Crippen molar-refractivity contribution in [2.75, 3.05) is 5.32 Å². The lowest BCUT2D eigenvalue weighted by molar-refractivity contribution is 0.463. The second-order valence-corrected chi connectivity index (χ2v) is 6.93. The first-order valence-corrected chi connectivity index (χ1v) is 8.92. The zero-order chi connectivity index (χ0) is 15.6. The van der Waals surface area contributed by atoms with Gasteiger partial charge in [-0.2, -0.15) is 5.10 Å². The van der Waals surface area contributed by atoms with E-state index < -0.39 is 0 Å². The SMILES string of the molecule is Brc1cccc2c(NCc3ccn(C4CCCC4)n3)ccnc12. The molecular weight excluding hydrogens is 352 g/mol. The van der Waals surface area contributed by atoms with E-state index in [-0.39, 0.29) is 0 Å². The Balaban J connectivity index is 1.52. The molecule has 0 amide bonds. The van der Waals surface area contributed by atoms with Crippen LogP contribution in [0.25, 0.3) is 10.9 Å². The van der Waals surface area contributed by atoms with Crippen LogP contribution in [0.15, 0.2) is 47.2 Å². The van der Waals surface area contributed by atoms with Gasteiger partial charge in [0.05, 0.1) is 23.8 Å². The van der Waals surface area contributed by atoms with Gasteiger partial charge >= 0.3 is 0 Å². The maximum absolute atomic E-state index is 4.73. The molecule has 1 aromatic carbocycles. The van der Waals surface area contributed by atoms with Gasteiger partial charge in [-0.3, -0.25) is 9.67 Å². The number of fused-ring (bicyclic) bond motifs is 1. The molecule has 1 aliphatic carbocycles. The van der Waals surface area contributed by atoms with E-state index in [1.807, 2.05) is 24.4 Å². The lowest BCUT2D eigenvalue weighted by Crippen LogP contribution is -2.07. The molecule has 2 heterocycles. The first kappa shape index (κ1) is 14.7. The molecule has 0 radical (unpaired) electrons. The Labute approximate surface area is 144 Å². The lowest BCUT2D eigenvalue weighted by atomic mass is 10.2. The molecule has 0 aliphatic heterocycles. The number of hydrogen-bond acceptors (Lipinski definition) is 3. The van der Waals surface area contributed by atoms with Gasteiger partial charge < -0.3 is 5.32 Å². The van der Waals surface area contributed by atoms with E-state index >= 15 is 0 Å². The fourth-order valence-electron chi connectivity index (χ4n) is 3.32. The number of halogens is 1. The van der Waals surface area contributed by atoms with Crippen LogP contribution < -0.4 is 5.32 Å². The maximum Gasteiger partial charge on any atom is 0.0864 e. The zero-order valence-electron chi connectivity index (χ0n) is 12.9. The Morgan fingerprint density at radius 1 is 1.17 bits per heavy atom. The van der Waals surface area contributed by atoms with Crippen LogP contribution in [0, 0.1) is 0 Å². The minimum absolute atomic E-state index is 0.599. The summed E-state index contributed by atoms with van der Waals surface area (Å²) in [5, 5.41) is 9.35. The molecule has 5 heteroatoms. The predicted octanol–water partition coefficient (Wildman–Crippen LogP) is 4.92. The highest BCUT2D eigenvalue weighted by Crippen LogP contribution is 2.29. The number of benzene rings is 1. The second-order valence-electron chi connectivity index (χ2n) is 6.07. The molecule has 23 heavy (non-hydrogen) atoms. The summed E-state index contributed by atoms with van der Waals surface area (Å²) in [6, 6.07) is 10.9. The largest absolute Gasteiger partial charge is 0.379 e. The van der Waals surface area contributed by atoms with Crippen LogP contribution in [-0.2, 0) is 6.54 Å².